The Bertz CT molecular complexity index is 1610. The van der Waals surface area contributed by atoms with Crippen molar-refractivity contribution in [3.05, 3.63) is 88.9 Å². The highest BCUT2D eigenvalue weighted by Crippen LogP contribution is 2.42. The molecular formula is C29H27ClN4O3S. The summed E-state index contributed by atoms with van der Waals surface area (Å²) in [6.07, 6.45) is 5.73. The van der Waals surface area contributed by atoms with Crippen molar-refractivity contribution in [3.63, 3.8) is 0 Å². The predicted octanol–water partition coefficient (Wildman–Crippen LogP) is 6.08. The summed E-state index contributed by atoms with van der Waals surface area (Å²) in [5, 5.41) is 8.40. The maximum absolute atomic E-state index is 12.9. The fourth-order valence-electron chi connectivity index (χ4n) is 5.43. The highest BCUT2D eigenvalue weighted by molar-refractivity contribution is 7.90. The van der Waals surface area contributed by atoms with E-state index < -0.39 is 16.1 Å². The summed E-state index contributed by atoms with van der Waals surface area (Å²) in [7, 11) is -4.02. The quantitative estimate of drug-likeness (QED) is 0.279. The van der Waals surface area contributed by atoms with Gasteiger partial charge in [-0.25, -0.2) is 22.6 Å². The van der Waals surface area contributed by atoms with E-state index in [1.54, 1.807) is 12.1 Å². The van der Waals surface area contributed by atoms with Crippen LogP contribution >= 0.6 is 11.6 Å². The number of carbonyl (C=O) groups excluding carboxylic acids is 1. The molecule has 0 atom stereocenters. The van der Waals surface area contributed by atoms with Gasteiger partial charge in [-0.2, -0.15) is 5.10 Å². The van der Waals surface area contributed by atoms with E-state index in [2.05, 4.69) is 22.2 Å². The number of halogens is 1. The largest absolute Gasteiger partial charge is 0.335 e. The van der Waals surface area contributed by atoms with Crippen LogP contribution in [-0.2, 0) is 16.4 Å². The van der Waals surface area contributed by atoms with Crippen LogP contribution in [-0.4, -0.2) is 30.3 Å². The van der Waals surface area contributed by atoms with Crippen molar-refractivity contribution in [2.45, 2.75) is 49.5 Å². The smallest absolute Gasteiger partial charge is 0.328 e. The number of amides is 2. The average molecular weight is 547 g/mol. The fraction of sp³-hybridized carbons (Fsp3) is 0.241. The van der Waals surface area contributed by atoms with Gasteiger partial charge in [0.1, 0.15) is 0 Å². The summed E-state index contributed by atoms with van der Waals surface area (Å²) in [6.45, 7) is 0. The van der Waals surface area contributed by atoms with Crippen LogP contribution in [0.5, 0.6) is 0 Å². The van der Waals surface area contributed by atoms with E-state index in [9.17, 15) is 13.2 Å². The Labute approximate surface area is 226 Å². The van der Waals surface area contributed by atoms with Crippen LogP contribution in [0.25, 0.3) is 28.2 Å². The van der Waals surface area contributed by atoms with Crippen LogP contribution in [0.1, 0.15) is 43.2 Å². The second-order valence-corrected chi connectivity index (χ2v) is 12.0. The number of nitrogens with zero attached hydrogens (tertiary/aromatic N) is 2. The molecule has 2 aliphatic rings. The summed E-state index contributed by atoms with van der Waals surface area (Å²) in [4.78, 5) is 12.4. The zero-order valence-electron chi connectivity index (χ0n) is 20.7. The summed E-state index contributed by atoms with van der Waals surface area (Å²) < 4.78 is 29.8. The molecule has 0 saturated heterocycles. The van der Waals surface area contributed by atoms with Crippen LogP contribution in [0.4, 0.5) is 4.79 Å². The monoisotopic (exact) mass is 546 g/mol. The molecule has 0 unspecified atom stereocenters. The molecule has 4 aromatic rings. The highest BCUT2D eigenvalue weighted by atomic mass is 35.5. The minimum Gasteiger partial charge on any atom is -0.335 e. The Kier molecular flexibility index (Phi) is 6.45. The molecule has 1 saturated carbocycles. The number of sulfonamides is 1. The molecular weight excluding hydrogens is 520 g/mol. The molecule has 0 spiro atoms. The Morgan fingerprint density at radius 3 is 2.37 bits per heavy atom. The third-order valence-electron chi connectivity index (χ3n) is 7.30. The van der Waals surface area contributed by atoms with E-state index in [1.807, 2.05) is 41.1 Å². The topological polar surface area (TPSA) is 93.1 Å². The number of fused-ring (bicyclic) bond motifs is 3. The summed E-state index contributed by atoms with van der Waals surface area (Å²) in [5.41, 5.74) is 6.99. The number of hydrogen-bond donors (Lipinski definition) is 2. The van der Waals surface area contributed by atoms with Crippen LogP contribution < -0.4 is 10.0 Å². The van der Waals surface area contributed by atoms with Gasteiger partial charge in [-0.05, 0) is 54.8 Å². The van der Waals surface area contributed by atoms with Crippen molar-refractivity contribution in [1.82, 2.24) is 19.8 Å². The first-order chi connectivity index (χ1) is 18.4. The minimum absolute atomic E-state index is 0.0122. The van der Waals surface area contributed by atoms with Crippen molar-refractivity contribution in [3.8, 4) is 28.2 Å². The molecule has 9 heteroatoms. The third kappa shape index (κ3) is 4.70. The van der Waals surface area contributed by atoms with Gasteiger partial charge in [0.25, 0.3) is 10.0 Å². The maximum atomic E-state index is 12.9. The second-order valence-electron chi connectivity index (χ2n) is 9.84. The molecule has 1 heterocycles. The molecule has 7 nitrogen and oxygen atoms in total. The van der Waals surface area contributed by atoms with Gasteiger partial charge in [0.2, 0.25) is 0 Å². The first-order valence-corrected chi connectivity index (χ1v) is 14.6. The summed E-state index contributed by atoms with van der Waals surface area (Å²) in [6, 6.07) is 21.6. The normalized spacial score (nSPS) is 15.1. The Morgan fingerprint density at radius 1 is 0.921 bits per heavy atom. The maximum Gasteiger partial charge on any atom is 0.328 e. The number of carbonyl (C=O) groups is 1. The van der Waals surface area contributed by atoms with Crippen LogP contribution in [0.15, 0.2) is 77.7 Å². The molecule has 0 bridgehead atoms. The number of nitrogens with one attached hydrogen (secondary N) is 2. The molecule has 38 heavy (non-hydrogen) atoms. The van der Waals surface area contributed by atoms with Crippen molar-refractivity contribution in [1.29, 1.82) is 0 Å². The van der Waals surface area contributed by atoms with Gasteiger partial charge in [-0.15, -0.1) is 0 Å². The lowest BCUT2D eigenvalue weighted by atomic mass is 9.96. The number of aromatic nitrogens is 2. The number of hydrogen-bond acceptors (Lipinski definition) is 4. The number of urea groups is 1. The first kappa shape index (κ1) is 24.7. The first-order valence-electron chi connectivity index (χ1n) is 12.8. The lowest BCUT2D eigenvalue weighted by Crippen LogP contribution is -2.45. The molecule has 0 radical (unpaired) electrons. The van der Waals surface area contributed by atoms with Crippen molar-refractivity contribution in [2.24, 2.45) is 0 Å². The molecule has 0 aliphatic heterocycles. The minimum atomic E-state index is -4.02. The fourth-order valence-corrected chi connectivity index (χ4v) is 6.47. The van der Waals surface area contributed by atoms with Gasteiger partial charge in [0, 0.05) is 34.2 Å². The Hall–Kier alpha value is -3.62. The molecule has 3 aromatic carbocycles. The number of benzene rings is 3. The lowest BCUT2D eigenvalue weighted by Gasteiger charge is -2.22. The number of rotatable bonds is 5. The summed E-state index contributed by atoms with van der Waals surface area (Å²) in [5.74, 6) is 0. The van der Waals surface area contributed by atoms with E-state index in [4.69, 9.17) is 16.7 Å². The standard InChI is InChI=1S/C29H27ClN4O3S/c30-21-12-10-19(11-13-21)28-26-18-20-6-4-5-9-25(20)27(26)32-34(28)23-14-16-24(17-15-23)38(36,37)33-29(35)31-22-7-2-1-3-8-22/h4-6,9-17,22H,1-3,7-8,18H2,(H2,31,33,35). The van der Waals surface area contributed by atoms with E-state index in [0.717, 1.165) is 66.6 Å². The van der Waals surface area contributed by atoms with E-state index in [0.29, 0.717) is 10.7 Å². The molecule has 194 valence electrons. The van der Waals surface area contributed by atoms with Gasteiger partial charge >= 0.3 is 6.03 Å². The van der Waals surface area contributed by atoms with Gasteiger partial charge in [0.15, 0.2) is 0 Å². The Morgan fingerprint density at radius 2 is 1.63 bits per heavy atom. The molecule has 1 fully saturated rings. The van der Waals surface area contributed by atoms with Gasteiger partial charge in [0.05, 0.1) is 22.0 Å². The summed E-state index contributed by atoms with van der Waals surface area (Å²) >= 11 is 6.16. The predicted molar refractivity (Wildman–Crippen MR) is 148 cm³/mol. The van der Waals surface area contributed by atoms with Crippen molar-refractivity contribution < 1.29 is 13.2 Å². The molecule has 2 amide bonds. The van der Waals surface area contributed by atoms with E-state index >= 15 is 0 Å². The van der Waals surface area contributed by atoms with Crippen molar-refractivity contribution in [2.75, 3.05) is 0 Å². The van der Waals surface area contributed by atoms with Gasteiger partial charge in [-0.3, -0.25) is 0 Å². The van der Waals surface area contributed by atoms with E-state index in [1.165, 1.54) is 17.7 Å². The molecule has 2 aliphatic carbocycles. The molecule has 2 N–H and O–H groups in total. The molecule has 6 rings (SSSR count). The van der Waals surface area contributed by atoms with Crippen LogP contribution in [0, 0.1) is 0 Å². The zero-order valence-corrected chi connectivity index (χ0v) is 22.2. The van der Waals surface area contributed by atoms with E-state index in [-0.39, 0.29) is 10.9 Å². The lowest BCUT2D eigenvalue weighted by molar-refractivity contribution is 0.237. The van der Waals surface area contributed by atoms with Crippen LogP contribution in [0.3, 0.4) is 0 Å². The molecule has 1 aromatic heterocycles. The van der Waals surface area contributed by atoms with Gasteiger partial charge < -0.3 is 5.32 Å². The average Bonchev–Trinajstić information content (AvgIpc) is 3.46. The second kappa shape index (κ2) is 9.93. The van der Waals surface area contributed by atoms with Crippen molar-refractivity contribution >= 4 is 27.7 Å². The van der Waals surface area contributed by atoms with Gasteiger partial charge in [-0.1, -0.05) is 67.3 Å². The SMILES string of the molecule is O=C(NC1CCCCC1)NS(=O)(=O)c1ccc(-n2nc3c(c2-c2ccc(Cl)cc2)Cc2ccccc2-3)cc1. The third-order valence-corrected chi connectivity index (χ3v) is 8.90. The highest BCUT2D eigenvalue weighted by Gasteiger charge is 2.28. The Balaban J connectivity index is 1.31. The van der Waals surface area contributed by atoms with Crippen LogP contribution in [0.2, 0.25) is 5.02 Å². The zero-order chi connectivity index (χ0) is 26.3.